The van der Waals surface area contributed by atoms with E-state index in [1.165, 1.54) is 9.30 Å². The SMILES string of the molecule is C=CCc1cc2nc(C)c(O)n2cc1C(=O)N(C)C. The zero-order valence-corrected chi connectivity index (χ0v) is 11.3. The van der Waals surface area contributed by atoms with Gasteiger partial charge in [-0.25, -0.2) is 4.98 Å². The van der Waals surface area contributed by atoms with Gasteiger partial charge in [-0.3, -0.25) is 9.20 Å². The van der Waals surface area contributed by atoms with Crippen LogP contribution in [0.5, 0.6) is 5.88 Å². The summed E-state index contributed by atoms with van der Waals surface area (Å²) in [5.74, 6) is -0.0440. The lowest BCUT2D eigenvalue weighted by atomic mass is 10.1. The Labute approximate surface area is 111 Å². The predicted molar refractivity (Wildman–Crippen MR) is 73.5 cm³/mol. The third kappa shape index (κ3) is 2.19. The van der Waals surface area contributed by atoms with Gasteiger partial charge in [-0.15, -0.1) is 6.58 Å². The first-order chi connectivity index (χ1) is 8.95. The van der Waals surface area contributed by atoms with Crippen LogP contribution in [0.3, 0.4) is 0 Å². The van der Waals surface area contributed by atoms with Gasteiger partial charge in [0.15, 0.2) is 0 Å². The fourth-order valence-electron chi connectivity index (χ4n) is 1.99. The van der Waals surface area contributed by atoms with Crippen LogP contribution in [0.2, 0.25) is 0 Å². The smallest absolute Gasteiger partial charge is 0.255 e. The second kappa shape index (κ2) is 4.76. The number of aromatic hydroxyl groups is 1. The Balaban J connectivity index is 2.71. The molecule has 0 aliphatic carbocycles. The largest absolute Gasteiger partial charge is 0.493 e. The van der Waals surface area contributed by atoms with E-state index in [4.69, 9.17) is 0 Å². The summed E-state index contributed by atoms with van der Waals surface area (Å²) in [7, 11) is 3.40. The maximum Gasteiger partial charge on any atom is 0.255 e. The number of pyridine rings is 1. The number of amides is 1. The number of hydrogen-bond donors (Lipinski definition) is 1. The number of fused-ring (bicyclic) bond motifs is 1. The van der Waals surface area contributed by atoms with E-state index in [0.717, 1.165) is 5.56 Å². The minimum absolute atomic E-state index is 0.0629. The molecule has 0 saturated carbocycles. The quantitative estimate of drug-likeness (QED) is 0.855. The van der Waals surface area contributed by atoms with Gasteiger partial charge in [0, 0.05) is 20.3 Å². The van der Waals surface area contributed by atoms with Gasteiger partial charge in [-0.05, 0) is 25.0 Å². The molecular formula is C14H17N3O2. The number of rotatable bonds is 3. The molecule has 2 heterocycles. The van der Waals surface area contributed by atoms with E-state index >= 15 is 0 Å². The summed E-state index contributed by atoms with van der Waals surface area (Å²) in [4.78, 5) is 17.9. The number of allylic oxidation sites excluding steroid dienone is 1. The van der Waals surface area contributed by atoms with Crippen LogP contribution in [0, 0.1) is 6.92 Å². The third-order valence-corrected chi connectivity index (χ3v) is 2.99. The van der Waals surface area contributed by atoms with E-state index in [9.17, 15) is 9.90 Å². The van der Waals surface area contributed by atoms with E-state index in [0.29, 0.717) is 23.3 Å². The zero-order chi connectivity index (χ0) is 14.2. The molecule has 2 rings (SSSR count). The predicted octanol–water partition coefficient (Wildman–Crippen LogP) is 1.78. The van der Waals surface area contributed by atoms with Crippen molar-refractivity contribution in [2.75, 3.05) is 14.1 Å². The first-order valence-electron chi connectivity index (χ1n) is 5.98. The third-order valence-electron chi connectivity index (χ3n) is 2.99. The van der Waals surface area contributed by atoms with E-state index in [1.807, 2.05) is 6.07 Å². The summed E-state index contributed by atoms with van der Waals surface area (Å²) in [6.45, 7) is 5.43. The summed E-state index contributed by atoms with van der Waals surface area (Å²) in [6.07, 6.45) is 3.96. The number of nitrogens with zero attached hydrogens (tertiary/aromatic N) is 3. The number of hydrogen-bond acceptors (Lipinski definition) is 3. The average molecular weight is 259 g/mol. The van der Waals surface area contributed by atoms with E-state index in [-0.39, 0.29) is 11.8 Å². The maximum atomic E-state index is 12.2. The lowest BCUT2D eigenvalue weighted by Crippen LogP contribution is -2.23. The molecule has 0 aliphatic heterocycles. The first kappa shape index (κ1) is 13.1. The lowest BCUT2D eigenvalue weighted by Gasteiger charge is -2.14. The highest BCUT2D eigenvalue weighted by Gasteiger charge is 2.17. The Bertz CT molecular complexity index is 656. The second-order valence-electron chi connectivity index (χ2n) is 4.65. The van der Waals surface area contributed by atoms with Gasteiger partial charge in [0.25, 0.3) is 5.91 Å². The topological polar surface area (TPSA) is 57.8 Å². The average Bonchev–Trinajstić information content (AvgIpc) is 2.63. The summed E-state index contributed by atoms with van der Waals surface area (Å²) in [6, 6.07) is 1.81. The van der Waals surface area contributed by atoms with Gasteiger partial charge in [0.1, 0.15) is 11.3 Å². The molecular weight excluding hydrogens is 242 g/mol. The van der Waals surface area contributed by atoms with E-state index in [2.05, 4.69) is 11.6 Å². The lowest BCUT2D eigenvalue weighted by molar-refractivity contribution is 0.0826. The monoisotopic (exact) mass is 259 g/mol. The van der Waals surface area contributed by atoms with Crippen LogP contribution in [-0.2, 0) is 6.42 Å². The molecule has 0 radical (unpaired) electrons. The van der Waals surface area contributed by atoms with Crippen molar-refractivity contribution in [3.05, 3.63) is 41.7 Å². The first-order valence-corrected chi connectivity index (χ1v) is 5.98. The van der Waals surface area contributed by atoms with Crippen LogP contribution in [0.15, 0.2) is 24.9 Å². The van der Waals surface area contributed by atoms with Crippen molar-refractivity contribution in [1.82, 2.24) is 14.3 Å². The molecule has 0 aromatic carbocycles. The van der Waals surface area contributed by atoms with Crippen molar-refractivity contribution in [1.29, 1.82) is 0 Å². The van der Waals surface area contributed by atoms with Crippen LogP contribution < -0.4 is 0 Å². The van der Waals surface area contributed by atoms with Crippen LogP contribution >= 0.6 is 0 Å². The fraction of sp³-hybridized carbons (Fsp3) is 0.286. The molecule has 19 heavy (non-hydrogen) atoms. The number of carbonyl (C=O) groups is 1. The molecule has 0 fully saturated rings. The second-order valence-corrected chi connectivity index (χ2v) is 4.65. The van der Waals surface area contributed by atoms with Crippen LogP contribution in [0.25, 0.3) is 5.65 Å². The number of imidazole rings is 1. The zero-order valence-electron chi connectivity index (χ0n) is 11.3. The molecule has 0 spiro atoms. The minimum Gasteiger partial charge on any atom is -0.493 e. The number of aryl methyl sites for hydroxylation is 1. The molecule has 0 saturated heterocycles. The van der Waals surface area contributed by atoms with Crippen molar-refractivity contribution in [3.8, 4) is 5.88 Å². The van der Waals surface area contributed by atoms with Crippen molar-refractivity contribution < 1.29 is 9.90 Å². The summed E-state index contributed by atoms with van der Waals surface area (Å²) < 4.78 is 1.53. The Morgan fingerprint density at radius 2 is 2.26 bits per heavy atom. The Hall–Kier alpha value is -2.30. The number of carbonyl (C=O) groups excluding carboxylic acids is 1. The molecule has 2 aromatic heterocycles. The summed E-state index contributed by atoms with van der Waals surface area (Å²) >= 11 is 0. The fourth-order valence-corrected chi connectivity index (χ4v) is 1.99. The number of aromatic nitrogens is 2. The Kier molecular flexibility index (Phi) is 3.29. The van der Waals surface area contributed by atoms with Crippen LogP contribution in [-0.4, -0.2) is 39.4 Å². The van der Waals surface area contributed by atoms with Crippen molar-refractivity contribution >= 4 is 11.6 Å². The van der Waals surface area contributed by atoms with Gasteiger partial charge in [0.2, 0.25) is 5.88 Å². The van der Waals surface area contributed by atoms with E-state index < -0.39 is 0 Å². The Morgan fingerprint density at radius 3 is 2.84 bits per heavy atom. The molecule has 1 N–H and O–H groups in total. The van der Waals surface area contributed by atoms with Gasteiger partial charge in [0.05, 0.1) is 5.56 Å². The molecule has 2 aromatic rings. The van der Waals surface area contributed by atoms with Crippen molar-refractivity contribution in [3.63, 3.8) is 0 Å². The van der Waals surface area contributed by atoms with Crippen LogP contribution in [0.4, 0.5) is 0 Å². The highest BCUT2D eigenvalue weighted by atomic mass is 16.3. The van der Waals surface area contributed by atoms with Crippen molar-refractivity contribution in [2.45, 2.75) is 13.3 Å². The van der Waals surface area contributed by atoms with Crippen LogP contribution in [0.1, 0.15) is 21.6 Å². The normalized spacial score (nSPS) is 10.7. The molecule has 0 unspecified atom stereocenters. The minimum atomic E-state index is -0.107. The maximum absolute atomic E-state index is 12.2. The highest BCUT2D eigenvalue weighted by molar-refractivity contribution is 5.95. The summed E-state index contributed by atoms with van der Waals surface area (Å²) in [5.41, 5.74) is 2.57. The molecule has 5 heteroatoms. The Morgan fingerprint density at radius 1 is 1.58 bits per heavy atom. The standard InChI is InChI=1S/C14H17N3O2/c1-5-6-10-7-12-15-9(2)13(18)17(12)8-11(10)14(19)16(3)4/h5,7-8,18H,1,6H2,2-4H3. The highest BCUT2D eigenvalue weighted by Crippen LogP contribution is 2.22. The van der Waals surface area contributed by atoms with Gasteiger partial charge >= 0.3 is 0 Å². The van der Waals surface area contributed by atoms with E-state index in [1.54, 1.807) is 33.3 Å². The van der Waals surface area contributed by atoms with Gasteiger partial charge in [-0.1, -0.05) is 6.08 Å². The molecule has 100 valence electrons. The molecule has 0 aliphatic rings. The van der Waals surface area contributed by atoms with Crippen molar-refractivity contribution in [2.24, 2.45) is 0 Å². The molecule has 0 atom stereocenters. The molecule has 0 bridgehead atoms. The van der Waals surface area contributed by atoms with Gasteiger partial charge < -0.3 is 10.0 Å². The summed E-state index contributed by atoms with van der Waals surface area (Å²) in [5, 5.41) is 9.92. The van der Waals surface area contributed by atoms with Gasteiger partial charge in [-0.2, -0.15) is 0 Å². The molecule has 1 amide bonds. The molecule has 5 nitrogen and oxygen atoms in total.